The van der Waals surface area contributed by atoms with E-state index in [9.17, 15) is 0 Å². The maximum absolute atomic E-state index is 5.64. The van der Waals surface area contributed by atoms with E-state index in [0.29, 0.717) is 19.2 Å². The average Bonchev–Trinajstić information content (AvgIpc) is 3.13. The zero-order chi connectivity index (χ0) is 18.2. The Balaban J connectivity index is 0.00000261. The molecule has 0 spiro atoms. The lowest BCUT2D eigenvalue weighted by Gasteiger charge is -2.21. The molecule has 0 aliphatic carbocycles. The van der Waals surface area contributed by atoms with Crippen LogP contribution in [-0.4, -0.2) is 50.3 Å². The highest BCUT2D eigenvalue weighted by Crippen LogP contribution is 2.28. The summed E-state index contributed by atoms with van der Waals surface area (Å²) in [6, 6.07) is 12.5. The van der Waals surface area contributed by atoms with Gasteiger partial charge in [0, 0.05) is 36.8 Å². The standard InChI is InChI=1S/C19H24BrN5O.HI/c1-21-19(23-10-12-26-16-5-4-9-22-13-16)24-15-8-11-25(14-15)18-7-3-2-6-17(18)20;/h2-7,9,13,15H,8,10-12,14H2,1H3,(H2,21,23,24);1H. The lowest BCUT2D eigenvalue weighted by atomic mass is 10.3. The average molecular weight is 546 g/mol. The van der Waals surface area contributed by atoms with Crippen molar-refractivity contribution in [3.63, 3.8) is 0 Å². The van der Waals surface area contributed by atoms with Gasteiger partial charge in [-0.2, -0.15) is 0 Å². The van der Waals surface area contributed by atoms with Gasteiger partial charge in [-0.15, -0.1) is 24.0 Å². The van der Waals surface area contributed by atoms with Gasteiger partial charge in [0.05, 0.1) is 18.4 Å². The van der Waals surface area contributed by atoms with Crippen LogP contribution >= 0.6 is 39.9 Å². The van der Waals surface area contributed by atoms with Crippen LogP contribution in [0.25, 0.3) is 0 Å². The van der Waals surface area contributed by atoms with Crippen LogP contribution in [-0.2, 0) is 0 Å². The zero-order valence-corrected chi connectivity index (χ0v) is 19.2. The molecule has 1 aromatic carbocycles. The zero-order valence-electron chi connectivity index (χ0n) is 15.3. The summed E-state index contributed by atoms with van der Waals surface area (Å²) in [6.45, 7) is 3.21. The molecule has 1 aliphatic heterocycles. The number of para-hydroxylation sites is 1. The predicted octanol–water partition coefficient (Wildman–Crippen LogP) is 3.28. The van der Waals surface area contributed by atoms with Crippen molar-refractivity contribution in [2.45, 2.75) is 12.5 Å². The van der Waals surface area contributed by atoms with E-state index in [0.717, 1.165) is 35.7 Å². The normalized spacial score (nSPS) is 16.6. The number of halogens is 2. The number of hydrogen-bond donors (Lipinski definition) is 2. The first kappa shape index (κ1) is 21.7. The van der Waals surface area contributed by atoms with Gasteiger partial charge in [0.15, 0.2) is 5.96 Å². The Morgan fingerprint density at radius 3 is 2.93 bits per heavy atom. The van der Waals surface area contributed by atoms with Crippen molar-refractivity contribution in [1.82, 2.24) is 15.6 Å². The molecule has 0 amide bonds. The second kappa shape index (κ2) is 11.3. The molecule has 2 N–H and O–H groups in total. The van der Waals surface area contributed by atoms with Crippen molar-refractivity contribution in [3.8, 4) is 5.75 Å². The summed E-state index contributed by atoms with van der Waals surface area (Å²) < 4.78 is 6.77. The summed E-state index contributed by atoms with van der Waals surface area (Å²) in [5.41, 5.74) is 1.24. The summed E-state index contributed by atoms with van der Waals surface area (Å²) in [5.74, 6) is 1.58. The highest BCUT2D eigenvalue weighted by molar-refractivity contribution is 14.0. The van der Waals surface area contributed by atoms with Crippen LogP contribution < -0.4 is 20.3 Å². The number of nitrogens with zero attached hydrogens (tertiary/aromatic N) is 3. The number of hydrogen-bond acceptors (Lipinski definition) is 4. The summed E-state index contributed by atoms with van der Waals surface area (Å²) in [5, 5.41) is 6.80. The van der Waals surface area contributed by atoms with Crippen LogP contribution in [0.1, 0.15) is 6.42 Å². The number of anilines is 1. The molecule has 6 nitrogen and oxygen atoms in total. The molecule has 1 saturated heterocycles. The summed E-state index contributed by atoms with van der Waals surface area (Å²) in [7, 11) is 1.79. The number of ether oxygens (including phenoxy) is 1. The Morgan fingerprint density at radius 1 is 1.33 bits per heavy atom. The first-order chi connectivity index (χ1) is 12.8. The van der Waals surface area contributed by atoms with Crippen molar-refractivity contribution in [2.75, 3.05) is 38.2 Å². The van der Waals surface area contributed by atoms with E-state index in [4.69, 9.17) is 4.74 Å². The van der Waals surface area contributed by atoms with Crippen molar-refractivity contribution in [1.29, 1.82) is 0 Å². The third-order valence-electron chi connectivity index (χ3n) is 4.24. The Bertz CT molecular complexity index is 731. The van der Waals surface area contributed by atoms with E-state index < -0.39 is 0 Å². The second-order valence-electron chi connectivity index (χ2n) is 6.06. The van der Waals surface area contributed by atoms with Crippen LogP contribution in [0, 0.1) is 0 Å². The highest BCUT2D eigenvalue weighted by Gasteiger charge is 2.24. The molecule has 1 fully saturated rings. The minimum absolute atomic E-state index is 0. The fourth-order valence-corrected chi connectivity index (χ4v) is 3.50. The van der Waals surface area contributed by atoms with Crippen LogP contribution in [0.5, 0.6) is 5.75 Å². The Morgan fingerprint density at radius 2 is 2.19 bits per heavy atom. The molecule has 0 saturated carbocycles. The van der Waals surface area contributed by atoms with Crippen molar-refractivity contribution < 1.29 is 4.74 Å². The molecule has 8 heteroatoms. The molecule has 2 heterocycles. The third-order valence-corrected chi connectivity index (χ3v) is 4.91. The molecule has 146 valence electrons. The van der Waals surface area contributed by atoms with E-state index >= 15 is 0 Å². The molecular formula is C19H25BrIN5O. The number of nitrogens with one attached hydrogen (secondary N) is 2. The van der Waals surface area contributed by atoms with Crippen LogP contribution in [0.2, 0.25) is 0 Å². The Hall–Kier alpha value is -1.55. The predicted molar refractivity (Wildman–Crippen MR) is 124 cm³/mol. The van der Waals surface area contributed by atoms with Gasteiger partial charge >= 0.3 is 0 Å². The maximum atomic E-state index is 5.64. The summed E-state index contributed by atoms with van der Waals surface area (Å²) in [4.78, 5) is 10.7. The van der Waals surface area contributed by atoms with Crippen LogP contribution in [0.15, 0.2) is 58.3 Å². The van der Waals surface area contributed by atoms with Gasteiger partial charge < -0.3 is 20.3 Å². The highest BCUT2D eigenvalue weighted by atomic mass is 127. The molecule has 3 rings (SSSR count). The van der Waals surface area contributed by atoms with Gasteiger partial charge in [-0.05, 0) is 46.6 Å². The third kappa shape index (κ3) is 6.53. The molecule has 1 aromatic heterocycles. The largest absolute Gasteiger partial charge is 0.490 e. The van der Waals surface area contributed by atoms with Crippen molar-refractivity contribution >= 4 is 51.6 Å². The number of aliphatic imine (C=N–C) groups is 1. The fraction of sp³-hybridized carbons (Fsp3) is 0.368. The number of aromatic nitrogens is 1. The monoisotopic (exact) mass is 545 g/mol. The maximum Gasteiger partial charge on any atom is 0.191 e. The van der Waals surface area contributed by atoms with E-state index in [-0.39, 0.29) is 24.0 Å². The number of benzene rings is 1. The molecule has 0 bridgehead atoms. The van der Waals surface area contributed by atoms with Gasteiger partial charge in [-0.1, -0.05) is 12.1 Å². The van der Waals surface area contributed by atoms with E-state index in [1.807, 2.05) is 18.2 Å². The van der Waals surface area contributed by atoms with Gasteiger partial charge in [-0.3, -0.25) is 9.98 Å². The quantitative estimate of drug-likeness (QED) is 0.252. The van der Waals surface area contributed by atoms with E-state index in [1.54, 1.807) is 19.4 Å². The Labute approximate surface area is 186 Å². The van der Waals surface area contributed by atoms with Gasteiger partial charge in [0.25, 0.3) is 0 Å². The minimum atomic E-state index is 0. The Kier molecular flexibility index (Phi) is 9.12. The molecule has 27 heavy (non-hydrogen) atoms. The molecule has 2 aromatic rings. The van der Waals surface area contributed by atoms with Crippen molar-refractivity contribution in [3.05, 3.63) is 53.3 Å². The fourth-order valence-electron chi connectivity index (χ4n) is 2.96. The SMILES string of the molecule is CN=C(NCCOc1cccnc1)NC1CCN(c2ccccc2Br)C1.I. The van der Waals surface area contributed by atoms with Crippen LogP contribution in [0.4, 0.5) is 5.69 Å². The van der Waals surface area contributed by atoms with Crippen LogP contribution in [0.3, 0.4) is 0 Å². The van der Waals surface area contributed by atoms with Gasteiger partial charge in [0.2, 0.25) is 0 Å². The minimum Gasteiger partial charge on any atom is -0.490 e. The number of pyridine rings is 1. The van der Waals surface area contributed by atoms with Crippen molar-refractivity contribution in [2.24, 2.45) is 4.99 Å². The van der Waals surface area contributed by atoms with E-state index in [1.165, 1.54) is 5.69 Å². The molecule has 0 radical (unpaired) electrons. The summed E-state index contributed by atoms with van der Waals surface area (Å²) in [6.07, 6.45) is 4.52. The van der Waals surface area contributed by atoms with E-state index in [2.05, 4.69) is 59.6 Å². The summed E-state index contributed by atoms with van der Waals surface area (Å²) >= 11 is 3.64. The first-order valence-corrected chi connectivity index (χ1v) is 9.55. The number of guanidine groups is 1. The molecule has 1 aliphatic rings. The molecular weight excluding hydrogens is 521 g/mol. The van der Waals surface area contributed by atoms with Gasteiger partial charge in [0.1, 0.15) is 12.4 Å². The lowest BCUT2D eigenvalue weighted by molar-refractivity contribution is 0.320. The second-order valence-corrected chi connectivity index (χ2v) is 6.92. The topological polar surface area (TPSA) is 61.8 Å². The smallest absolute Gasteiger partial charge is 0.191 e. The number of rotatable bonds is 6. The van der Waals surface area contributed by atoms with Gasteiger partial charge in [-0.25, -0.2) is 0 Å². The first-order valence-electron chi connectivity index (χ1n) is 8.76. The molecule has 1 atom stereocenters. The molecule has 1 unspecified atom stereocenters. The lowest BCUT2D eigenvalue weighted by Crippen LogP contribution is -2.45.